The second-order valence-electron chi connectivity index (χ2n) is 7.17. The molecular formula is C17H28N8O7. The zero-order chi connectivity index (χ0) is 22.9. The predicted octanol–water partition coefficient (Wildman–Crippen LogP) is -2.85. The molecule has 2 saturated heterocycles. The van der Waals surface area contributed by atoms with Gasteiger partial charge in [0.15, 0.2) is 0 Å². The molecule has 0 amide bonds. The van der Waals surface area contributed by atoms with E-state index in [0.29, 0.717) is 64.5 Å². The molecule has 2 fully saturated rings. The number of nitrogens with zero attached hydrogens (tertiary/aromatic N) is 7. The number of aromatic nitrogens is 3. The highest BCUT2D eigenvalue weighted by Crippen LogP contribution is 2.18. The Labute approximate surface area is 183 Å². The predicted molar refractivity (Wildman–Crippen MR) is 113 cm³/mol. The Hall–Kier alpha value is -2.56. The third-order valence-corrected chi connectivity index (χ3v) is 4.99. The van der Waals surface area contributed by atoms with E-state index in [1.54, 1.807) is 0 Å². The summed E-state index contributed by atoms with van der Waals surface area (Å²) < 4.78 is 10.7. The standard InChI is InChI=1S/C17H28N8O7/c26-10-12(28)13(23-30)14(29)11(27)9-18-22-15-19-16(24-1-5-31-6-2-24)21-17(20-15)25-3-7-32-8-4-25/h9,11-14,26-29H,1-8,10H2,(H,19,20,21,22)/b18-9+. The minimum Gasteiger partial charge on any atom is -0.394 e. The molecule has 15 nitrogen and oxygen atoms in total. The topological polar surface area (TPSA) is 198 Å². The zero-order valence-corrected chi connectivity index (χ0v) is 17.4. The van der Waals surface area contributed by atoms with Gasteiger partial charge in [-0.3, -0.25) is 0 Å². The summed E-state index contributed by atoms with van der Waals surface area (Å²) in [4.78, 5) is 28.0. The molecule has 1 aromatic heterocycles. The maximum Gasteiger partial charge on any atom is 0.250 e. The third-order valence-electron chi connectivity index (χ3n) is 4.99. The fourth-order valence-corrected chi connectivity index (χ4v) is 3.14. The lowest BCUT2D eigenvalue weighted by molar-refractivity contribution is -0.0153. The SMILES string of the molecule is O=NC(C(O)CO)C(O)C(O)/C=N/Nc1nc(N2CCOCC2)nc(N2CCOCC2)n1. The molecule has 2 aliphatic heterocycles. The molecule has 4 atom stereocenters. The molecule has 5 N–H and O–H groups in total. The monoisotopic (exact) mass is 456 g/mol. The van der Waals surface area contributed by atoms with Gasteiger partial charge in [0.05, 0.1) is 39.2 Å². The van der Waals surface area contributed by atoms with Crippen LogP contribution in [0.5, 0.6) is 0 Å². The summed E-state index contributed by atoms with van der Waals surface area (Å²) >= 11 is 0. The number of aliphatic hydroxyl groups is 4. The van der Waals surface area contributed by atoms with Gasteiger partial charge in [-0.25, -0.2) is 5.43 Å². The molecule has 32 heavy (non-hydrogen) atoms. The molecule has 0 radical (unpaired) electrons. The molecule has 3 rings (SSSR count). The van der Waals surface area contributed by atoms with Gasteiger partial charge in [-0.2, -0.15) is 25.0 Å². The van der Waals surface area contributed by atoms with Gasteiger partial charge in [0.25, 0.3) is 0 Å². The summed E-state index contributed by atoms with van der Waals surface area (Å²) in [5, 5.41) is 44.8. The van der Waals surface area contributed by atoms with Crippen LogP contribution in [0.2, 0.25) is 0 Å². The number of anilines is 3. The van der Waals surface area contributed by atoms with Gasteiger partial charge in [-0.15, -0.1) is 0 Å². The van der Waals surface area contributed by atoms with E-state index in [4.69, 9.17) is 14.6 Å². The van der Waals surface area contributed by atoms with Crippen LogP contribution in [-0.4, -0.2) is 125 Å². The van der Waals surface area contributed by atoms with Gasteiger partial charge in [0, 0.05) is 26.2 Å². The summed E-state index contributed by atoms with van der Waals surface area (Å²) in [5.41, 5.74) is 2.59. The van der Waals surface area contributed by atoms with Gasteiger partial charge in [-0.05, 0) is 0 Å². The molecule has 4 unspecified atom stereocenters. The fraction of sp³-hybridized carbons (Fsp3) is 0.765. The lowest BCUT2D eigenvalue weighted by Gasteiger charge is -2.30. The summed E-state index contributed by atoms with van der Waals surface area (Å²) in [5.74, 6) is 1.00. The first-order chi connectivity index (χ1) is 15.5. The number of hydrogen-bond donors (Lipinski definition) is 5. The molecule has 3 heterocycles. The molecule has 0 bridgehead atoms. The summed E-state index contributed by atoms with van der Waals surface area (Å²) in [6.07, 6.45) is -4.12. The van der Waals surface area contributed by atoms with Crippen molar-refractivity contribution in [3.8, 4) is 0 Å². The lowest BCUT2D eigenvalue weighted by Crippen LogP contribution is -2.45. The smallest absolute Gasteiger partial charge is 0.250 e. The second-order valence-corrected chi connectivity index (χ2v) is 7.17. The van der Waals surface area contributed by atoms with Crippen LogP contribution < -0.4 is 15.2 Å². The van der Waals surface area contributed by atoms with Gasteiger partial charge < -0.3 is 39.7 Å². The second kappa shape index (κ2) is 11.9. The maximum absolute atomic E-state index is 10.8. The van der Waals surface area contributed by atoms with Gasteiger partial charge in [0.2, 0.25) is 17.8 Å². The van der Waals surface area contributed by atoms with Gasteiger partial charge in [-0.1, -0.05) is 5.18 Å². The number of ether oxygens (including phenoxy) is 2. The summed E-state index contributed by atoms with van der Waals surface area (Å²) in [6.45, 7) is 3.88. The maximum atomic E-state index is 10.8. The van der Waals surface area contributed by atoms with Crippen LogP contribution in [0.15, 0.2) is 10.3 Å². The Morgan fingerprint density at radius 2 is 1.50 bits per heavy atom. The molecule has 0 aromatic carbocycles. The molecular weight excluding hydrogens is 428 g/mol. The molecule has 0 saturated carbocycles. The van der Waals surface area contributed by atoms with Crippen molar-refractivity contribution >= 4 is 24.1 Å². The molecule has 178 valence electrons. The minimum absolute atomic E-state index is 0.112. The van der Waals surface area contributed by atoms with Crippen molar-refractivity contribution in [2.75, 3.05) is 74.4 Å². The van der Waals surface area contributed by atoms with Crippen molar-refractivity contribution in [2.24, 2.45) is 10.3 Å². The summed E-state index contributed by atoms with van der Waals surface area (Å²) in [7, 11) is 0. The van der Waals surface area contributed by atoms with Crippen LogP contribution in [0.25, 0.3) is 0 Å². The largest absolute Gasteiger partial charge is 0.394 e. The Morgan fingerprint density at radius 1 is 0.969 bits per heavy atom. The Balaban J connectivity index is 1.73. The van der Waals surface area contributed by atoms with Crippen LogP contribution in [0, 0.1) is 4.91 Å². The van der Waals surface area contributed by atoms with Crippen LogP contribution in [0.3, 0.4) is 0 Å². The van der Waals surface area contributed by atoms with Crippen LogP contribution in [0.4, 0.5) is 17.8 Å². The minimum atomic E-state index is -1.77. The van der Waals surface area contributed by atoms with Gasteiger partial charge in [0.1, 0.15) is 24.4 Å². The highest BCUT2D eigenvalue weighted by Gasteiger charge is 2.32. The van der Waals surface area contributed by atoms with Crippen LogP contribution in [-0.2, 0) is 9.47 Å². The van der Waals surface area contributed by atoms with Crippen LogP contribution >= 0.6 is 0 Å². The number of morpholine rings is 2. The van der Waals surface area contributed by atoms with E-state index in [-0.39, 0.29) is 5.95 Å². The van der Waals surface area contributed by atoms with Gasteiger partial charge >= 0.3 is 0 Å². The Kier molecular flexibility index (Phi) is 8.95. The number of nitroso groups, excluding NO2 is 1. The zero-order valence-electron chi connectivity index (χ0n) is 17.4. The number of hydrazone groups is 1. The van der Waals surface area contributed by atoms with Crippen molar-refractivity contribution in [2.45, 2.75) is 24.4 Å². The van der Waals surface area contributed by atoms with Crippen molar-refractivity contribution in [3.05, 3.63) is 4.91 Å². The first-order valence-electron chi connectivity index (χ1n) is 10.2. The summed E-state index contributed by atoms with van der Waals surface area (Å²) in [6, 6.07) is -1.63. The number of hydrogen-bond acceptors (Lipinski definition) is 15. The molecule has 0 spiro atoms. The van der Waals surface area contributed by atoms with Crippen molar-refractivity contribution in [3.63, 3.8) is 0 Å². The van der Waals surface area contributed by atoms with Crippen molar-refractivity contribution in [1.29, 1.82) is 0 Å². The third kappa shape index (κ3) is 6.24. The first kappa shape index (κ1) is 24.1. The van der Waals surface area contributed by atoms with E-state index in [1.165, 1.54) is 0 Å². The Morgan fingerprint density at radius 3 is 1.97 bits per heavy atom. The van der Waals surface area contributed by atoms with E-state index in [9.17, 15) is 20.2 Å². The van der Waals surface area contributed by atoms with E-state index < -0.39 is 31.0 Å². The normalized spacial score (nSPS) is 21.2. The number of aliphatic hydroxyl groups excluding tert-OH is 4. The number of nitrogens with one attached hydrogen (secondary N) is 1. The lowest BCUT2D eigenvalue weighted by atomic mass is 10.0. The highest BCUT2D eigenvalue weighted by molar-refractivity contribution is 5.65. The van der Waals surface area contributed by atoms with Crippen molar-refractivity contribution in [1.82, 2.24) is 15.0 Å². The number of rotatable bonds is 10. The van der Waals surface area contributed by atoms with E-state index in [0.717, 1.165) is 6.21 Å². The average molecular weight is 456 g/mol. The van der Waals surface area contributed by atoms with E-state index >= 15 is 0 Å². The average Bonchev–Trinajstić information content (AvgIpc) is 2.85. The molecule has 0 aliphatic carbocycles. The fourth-order valence-electron chi connectivity index (χ4n) is 3.14. The quantitative estimate of drug-likeness (QED) is 0.137. The van der Waals surface area contributed by atoms with Crippen LogP contribution in [0.1, 0.15) is 0 Å². The molecule has 15 heteroatoms. The Bertz CT molecular complexity index is 724. The highest BCUT2D eigenvalue weighted by atomic mass is 16.5. The molecule has 1 aromatic rings. The van der Waals surface area contributed by atoms with E-state index in [1.807, 2.05) is 9.80 Å². The van der Waals surface area contributed by atoms with Crippen molar-refractivity contribution < 1.29 is 29.9 Å². The van der Waals surface area contributed by atoms with E-state index in [2.05, 4.69) is 30.7 Å². The molecule has 2 aliphatic rings. The first-order valence-corrected chi connectivity index (χ1v) is 10.2.